The van der Waals surface area contributed by atoms with E-state index in [1.54, 1.807) is 0 Å². The Hall–Kier alpha value is -1.24. The fraction of sp³-hybridized carbons (Fsp3) is 0.467. The molecule has 16 heavy (non-hydrogen) atoms. The second-order valence-electron chi connectivity index (χ2n) is 4.87. The maximum atomic E-state index is 5.81. The average Bonchev–Trinajstić information content (AvgIpc) is 2.61. The van der Waals surface area contributed by atoms with Gasteiger partial charge in [-0.1, -0.05) is 32.4 Å². The van der Waals surface area contributed by atoms with Gasteiger partial charge >= 0.3 is 0 Å². The summed E-state index contributed by atoms with van der Waals surface area (Å²) in [6.45, 7) is 4.56. The molecule has 1 aromatic rings. The van der Waals surface area contributed by atoms with E-state index < -0.39 is 0 Å². The highest BCUT2D eigenvalue weighted by Gasteiger charge is 2.16. The van der Waals surface area contributed by atoms with Crippen LogP contribution >= 0.6 is 0 Å². The van der Waals surface area contributed by atoms with Gasteiger partial charge in [-0.05, 0) is 54.0 Å². The maximum Gasteiger partial charge on any atom is 0.0317 e. The number of hydrogen-bond donors (Lipinski definition) is 1. The predicted molar refractivity (Wildman–Crippen MR) is 71.2 cm³/mol. The molecule has 0 fully saturated rings. The van der Waals surface area contributed by atoms with E-state index in [2.05, 4.69) is 32.1 Å². The number of benzene rings is 1. The minimum absolute atomic E-state index is 0.698. The third-order valence-electron chi connectivity index (χ3n) is 3.37. The van der Waals surface area contributed by atoms with Crippen LogP contribution in [0.1, 0.15) is 44.2 Å². The first-order chi connectivity index (χ1) is 7.70. The van der Waals surface area contributed by atoms with Crippen LogP contribution in [-0.4, -0.2) is 0 Å². The van der Waals surface area contributed by atoms with Crippen molar-refractivity contribution in [3.05, 3.63) is 35.4 Å². The normalized spacial score (nSPS) is 18.8. The molecule has 1 aromatic carbocycles. The number of fused-ring (bicyclic) bond motifs is 1. The third-order valence-corrected chi connectivity index (χ3v) is 3.37. The summed E-state index contributed by atoms with van der Waals surface area (Å²) < 4.78 is 0. The van der Waals surface area contributed by atoms with Gasteiger partial charge in [0.05, 0.1) is 0 Å². The first-order valence-electron chi connectivity index (χ1n) is 6.30. The molecule has 1 nitrogen and oxygen atoms in total. The van der Waals surface area contributed by atoms with Crippen molar-refractivity contribution in [1.29, 1.82) is 0 Å². The molecule has 0 radical (unpaired) electrons. The topological polar surface area (TPSA) is 26.0 Å². The number of hydrogen-bond acceptors (Lipinski definition) is 1. The minimum Gasteiger partial charge on any atom is -0.399 e. The van der Waals surface area contributed by atoms with E-state index in [9.17, 15) is 0 Å². The number of nitrogens with two attached hydrogens (primary N) is 1. The van der Waals surface area contributed by atoms with Gasteiger partial charge in [-0.2, -0.15) is 0 Å². The summed E-state index contributed by atoms with van der Waals surface area (Å²) in [6.07, 6.45) is 7.34. The zero-order valence-corrected chi connectivity index (χ0v) is 10.3. The largest absolute Gasteiger partial charge is 0.399 e. The van der Waals surface area contributed by atoms with Gasteiger partial charge in [-0.3, -0.25) is 0 Å². The zero-order valence-electron chi connectivity index (χ0n) is 10.3. The van der Waals surface area contributed by atoms with Crippen molar-refractivity contribution in [3.63, 3.8) is 0 Å². The van der Waals surface area contributed by atoms with Gasteiger partial charge < -0.3 is 5.73 Å². The lowest BCUT2D eigenvalue weighted by Crippen LogP contribution is -1.91. The van der Waals surface area contributed by atoms with Crippen molar-refractivity contribution >= 4 is 11.3 Å². The van der Waals surface area contributed by atoms with Crippen LogP contribution in [-0.2, 0) is 6.42 Å². The van der Waals surface area contributed by atoms with Gasteiger partial charge in [-0.15, -0.1) is 0 Å². The summed E-state index contributed by atoms with van der Waals surface area (Å²) in [6, 6.07) is 6.32. The Balaban J connectivity index is 2.23. The second kappa shape index (κ2) is 4.73. The second-order valence-corrected chi connectivity index (χ2v) is 4.87. The van der Waals surface area contributed by atoms with Crippen molar-refractivity contribution in [3.8, 4) is 0 Å². The van der Waals surface area contributed by atoms with E-state index in [4.69, 9.17) is 5.73 Å². The molecule has 0 heterocycles. The van der Waals surface area contributed by atoms with Crippen LogP contribution < -0.4 is 5.73 Å². The minimum atomic E-state index is 0.698. The maximum absolute atomic E-state index is 5.81. The first kappa shape index (κ1) is 11.3. The molecule has 2 rings (SSSR count). The van der Waals surface area contributed by atoms with Crippen LogP contribution in [0.2, 0.25) is 0 Å². The van der Waals surface area contributed by atoms with Crippen molar-refractivity contribution < 1.29 is 0 Å². The smallest absolute Gasteiger partial charge is 0.0317 e. The quantitative estimate of drug-likeness (QED) is 0.757. The average molecular weight is 215 g/mol. The Morgan fingerprint density at radius 2 is 2.19 bits per heavy atom. The number of aryl methyl sites for hydroxylation is 1. The molecule has 1 atom stereocenters. The number of rotatable bonds is 3. The fourth-order valence-electron chi connectivity index (χ4n) is 2.59. The molecule has 1 aliphatic carbocycles. The van der Waals surface area contributed by atoms with Gasteiger partial charge in [0, 0.05) is 5.69 Å². The molecule has 1 heteroatoms. The Labute approximate surface area is 98.4 Å². The summed E-state index contributed by atoms with van der Waals surface area (Å²) in [4.78, 5) is 0. The SMILES string of the molecule is CCCC(C)/C=C1/CCc2cc(N)ccc21. The predicted octanol–water partition coefficient (Wildman–Crippen LogP) is 4.03. The molecule has 1 unspecified atom stereocenters. The van der Waals surface area contributed by atoms with Gasteiger partial charge in [0.2, 0.25) is 0 Å². The molecule has 0 aromatic heterocycles. The molecule has 0 saturated carbocycles. The summed E-state index contributed by atoms with van der Waals surface area (Å²) >= 11 is 0. The Morgan fingerprint density at radius 1 is 1.38 bits per heavy atom. The number of allylic oxidation sites excluding steroid dienone is 2. The lowest BCUT2D eigenvalue weighted by atomic mass is 9.99. The Kier molecular flexibility index (Phi) is 3.33. The van der Waals surface area contributed by atoms with E-state index in [-0.39, 0.29) is 0 Å². The monoisotopic (exact) mass is 215 g/mol. The highest BCUT2D eigenvalue weighted by atomic mass is 14.5. The van der Waals surface area contributed by atoms with Crippen LogP contribution in [0.5, 0.6) is 0 Å². The van der Waals surface area contributed by atoms with E-state index in [1.165, 1.54) is 36.0 Å². The van der Waals surface area contributed by atoms with Gasteiger partial charge in [0.25, 0.3) is 0 Å². The molecular weight excluding hydrogens is 194 g/mol. The van der Waals surface area contributed by atoms with Gasteiger partial charge in [-0.25, -0.2) is 0 Å². The lowest BCUT2D eigenvalue weighted by molar-refractivity contribution is 0.634. The summed E-state index contributed by atoms with van der Waals surface area (Å²) in [5, 5.41) is 0. The Bertz CT molecular complexity index is 404. The molecule has 0 saturated heterocycles. The molecule has 2 N–H and O–H groups in total. The van der Waals surface area contributed by atoms with Gasteiger partial charge in [0.1, 0.15) is 0 Å². The van der Waals surface area contributed by atoms with Crippen molar-refractivity contribution in [2.75, 3.05) is 5.73 Å². The number of anilines is 1. The highest BCUT2D eigenvalue weighted by molar-refractivity contribution is 5.74. The van der Waals surface area contributed by atoms with Crippen LogP contribution in [0.25, 0.3) is 5.57 Å². The van der Waals surface area contributed by atoms with Crippen molar-refractivity contribution in [2.24, 2.45) is 5.92 Å². The standard InChI is InChI=1S/C15H21N/c1-3-4-11(2)9-12-5-6-13-10-14(16)7-8-15(12)13/h7-11H,3-6,16H2,1-2H3/b12-9-. The molecule has 0 bridgehead atoms. The zero-order chi connectivity index (χ0) is 11.5. The molecule has 0 amide bonds. The molecular formula is C15H21N. The van der Waals surface area contributed by atoms with E-state index in [0.717, 1.165) is 12.1 Å². The van der Waals surface area contributed by atoms with Crippen LogP contribution in [0.4, 0.5) is 5.69 Å². The van der Waals surface area contributed by atoms with Crippen LogP contribution in [0.3, 0.4) is 0 Å². The molecule has 0 aliphatic heterocycles. The number of nitrogen functional groups attached to an aromatic ring is 1. The van der Waals surface area contributed by atoms with E-state index in [1.807, 2.05) is 6.07 Å². The van der Waals surface area contributed by atoms with Crippen LogP contribution in [0, 0.1) is 5.92 Å². The van der Waals surface area contributed by atoms with E-state index in [0.29, 0.717) is 5.92 Å². The van der Waals surface area contributed by atoms with Crippen molar-refractivity contribution in [2.45, 2.75) is 39.5 Å². The highest BCUT2D eigenvalue weighted by Crippen LogP contribution is 2.34. The Morgan fingerprint density at radius 3 is 2.94 bits per heavy atom. The molecule has 1 aliphatic rings. The third kappa shape index (κ3) is 2.29. The molecule has 86 valence electrons. The lowest BCUT2D eigenvalue weighted by Gasteiger charge is -2.07. The van der Waals surface area contributed by atoms with Crippen molar-refractivity contribution in [1.82, 2.24) is 0 Å². The van der Waals surface area contributed by atoms with Crippen LogP contribution in [0.15, 0.2) is 24.3 Å². The van der Waals surface area contributed by atoms with Gasteiger partial charge in [0.15, 0.2) is 0 Å². The summed E-state index contributed by atoms with van der Waals surface area (Å²) in [7, 11) is 0. The fourth-order valence-corrected chi connectivity index (χ4v) is 2.59. The first-order valence-corrected chi connectivity index (χ1v) is 6.30. The molecule has 0 spiro atoms. The van der Waals surface area contributed by atoms with E-state index >= 15 is 0 Å². The summed E-state index contributed by atoms with van der Waals surface area (Å²) in [5.74, 6) is 0.698. The summed E-state index contributed by atoms with van der Waals surface area (Å²) in [5.41, 5.74) is 11.1.